The van der Waals surface area contributed by atoms with Crippen molar-refractivity contribution in [2.24, 2.45) is 5.92 Å². The highest BCUT2D eigenvalue weighted by Crippen LogP contribution is 2.31. The first-order valence-electron chi connectivity index (χ1n) is 8.72. The average Bonchev–Trinajstić information content (AvgIpc) is 2.99. The number of nitrogens with zero attached hydrogens (tertiary/aromatic N) is 5. The molecular formula is C21H23N5. The highest BCUT2D eigenvalue weighted by molar-refractivity contribution is 5.57. The van der Waals surface area contributed by atoms with Gasteiger partial charge in [-0.25, -0.2) is 9.97 Å². The van der Waals surface area contributed by atoms with Gasteiger partial charge in [0.25, 0.3) is 0 Å². The summed E-state index contributed by atoms with van der Waals surface area (Å²) in [5.41, 5.74) is 4.23. The summed E-state index contributed by atoms with van der Waals surface area (Å²) in [4.78, 5) is 13.5. The predicted octanol–water partition coefficient (Wildman–Crippen LogP) is 4.38. The molecule has 3 rings (SSSR count). The van der Waals surface area contributed by atoms with E-state index in [-0.39, 0.29) is 5.92 Å². The van der Waals surface area contributed by atoms with Crippen molar-refractivity contribution in [3.05, 3.63) is 59.8 Å². The third-order valence-corrected chi connectivity index (χ3v) is 5.16. The summed E-state index contributed by atoms with van der Waals surface area (Å²) >= 11 is 0. The zero-order valence-electron chi connectivity index (χ0n) is 15.9. The normalized spacial score (nSPS) is 13.4. The lowest BCUT2D eigenvalue weighted by Gasteiger charge is -2.26. The molecule has 3 heterocycles. The molecule has 0 amide bonds. The van der Waals surface area contributed by atoms with Gasteiger partial charge in [-0.15, -0.1) is 0 Å². The minimum Gasteiger partial charge on any atom is -0.287 e. The Kier molecular flexibility index (Phi) is 4.60. The molecule has 0 aliphatic heterocycles. The number of rotatable bonds is 4. The van der Waals surface area contributed by atoms with Crippen molar-refractivity contribution in [2.75, 3.05) is 0 Å². The Labute approximate surface area is 154 Å². The second kappa shape index (κ2) is 6.72. The van der Waals surface area contributed by atoms with E-state index in [4.69, 9.17) is 0 Å². The quantitative estimate of drug-likeness (QED) is 0.703. The largest absolute Gasteiger partial charge is 0.287 e. The lowest BCUT2D eigenvalue weighted by molar-refractivity contribution is 0.430. The molecule has 0 saturated heterocycles. The van der Waals surface area contributed by atoms with E-state index in [2.05, 4.69) is 34.9 Å². The van der Waals surface area contributed by atoms with E-state index in [1.54, 1.807) is 18.6 Å². The van der Waals surface area contributed by atoms with Gasteiger partial charge in [0.05, 0.1) is 17.2 Å². The monoisotopic (exact) mass is 345 g/mol. The molecule has 0 radical (unpaired) electrons. The van der Waals surface area contributed by atoms with E-state index in [1.165, 1.54) is 0 Å². The number of pyridine rings is 1. The van der Waals surface area contributed by atoms with Crippen LogP contribution in [0.2, 0.25) is 0 Å². The smallest absolute Gasteiger partial charge is 0.234 e. The third-order valence-electron chi connectivity index (χ3n) is 5.16. The Morgan fingerprint density at radius 2 is 1.58 bits per heavy atom. The van der Waals surface area contributed by atoms with Gasteiger partial charge < -0.3 is 0 Å². The average molecular weight is 345 g/mol. The summed E-state index contributed by atoms with van der Waals surface area (Å²) in [5.74, 6) is 0.859. The molecule has 3 aromatic heterocycles. The third kappa shape index (κ3) is 2.99. The van der Waals surface area contributed by atoms with Crippen LogP contribution < -0.4 is 0 Å². The lowest BCUT2D eigenvalue weighted by atomic mass is 9.75. The molecule has 1 unspecified atom stereocenters. The van der Waals surface area contributed by atoms with Crippen LogP contribution in [0.3, 0.4) is 0 Å². The van der Waals surface area contributed by atoms with Crippen molar-refractivity contribution in [3.8, 4) is 23.3 Å². The van der Waals surface area contributed by atoms with Gasteiger partial charge in [0, 0.05) is 35.5 Å². The maximum absolute atomic E-state index is 9.56. The van der Waals surface area contributed by atoms with Crippen LogP contribution in [0.15, 0.2) is 42.9 Å². The number of hydrogen-bond donors (Lipinski definition) is 0. The first-order chi connectivity index (χ1) is 12.4. The predicted molar refractivity (Wildman–Crippen MR) is 102 cm³/mol. The zero-order valence-corrected chi connectivity index (χ0v) is 15.9. The molecule has 0 fully saturated rings. The maximum Gasteiger partial charge on any atom is 0.234 e. The molecule has 5 nitrogen and oxygen atoms in total. The van der Waals surface area contributed by atoms with Crippen LogP contribution in [-0.2, 0) is 5.41 Å². The van der Waals surface area contributed by atoms with Crippen LogP contribution in [-0.4, -0.2) is 19.5 Å². The zero-order chi connectivity index (χ0) is 18.9. The molecule has 0 bridgehead atoms. The van der Waals surface area contributed by atoms with Crippen LogP contribution in [0.5, 0.6) is 0 Å². The van der Waals surface area contributed by atoms with Crippen molar-refractivity contribution in [1.82, 2.24) is 19.5 Å². The number of hydrogen-bond acceptors (Lipinski definition) is 4. The first-order valence-corrected chi connectivity index (χ1v) is 8.72. The molecule has 3 aromatic rings. The summed E-state index contributed by atoms with van der Waals surface area (Å²) in [5, 5.41) is 9.56. The second-order valence-corrected chi connectivity index (χ2v) is 7.12. The van der Waals surface area contributed by atoms with Gasteiger partial charge in [0.2, 0.25) is 5.95 Å². The molecule has 1 atom stereocenters. The molecule has 132 valence electrons. The van der Waals surface area contributed by atoms with Crippen molar-refractivity contribution in [1.29, 1.82) is 5.26 Å². The summed E-state index contributed by atoms with van der Waals surface area (Å²) in [6, 6.07) is 10.4. The van der Waals surface area contributed by atoms with Gasteiger partial charge in [-0.2, -0.15) is 5.26 Å². The van der Waals surface area contributed by atoms with E-state index in [0.717, 1.165) is 28.2 Å². The van der Waals surface area contributed by atoms with Gasteiger partial charge >= 0.3 is 0 Å². The van der Waals surface area contributed by atoms with Crippen molar-refractivity contribution in [2.45, 2.75) is 40.0 Å². The van der Waals surface area contributed by atoms with Crippen LogP contribution in [0.1, 0.15) is 37.7 Å². The van der Waals surface area contributed by atoms with Gasteiger partial charge in [-0.3, -0.25) is 9.55 Å². The highest BCUT2D eigenvalue weighted by Gasteiger charge is 2.30. The Morgan fingerprint density at radius 1 is 0.962 bits per heavy atom. The SMILES string of the molecule is Cc1ccc(C)n1-c1ncc(-c2ccc(C(C)(C#N)C(C)C)cn2)cn1. The van der Waals surface area contributed by atoms with E-state index in [9.17, 15) is 5.26 Å². The Bertz CT molecular complexity index is 926. The lowest BCUT2D eigenvalue weighted by Crippen LogP contribution is -2.26. The van der Waals surface area contributed by atoms with Crippen LogP contribution in [0.25, 0.3) is 17.2 Å². The Morgan fingerprint density at radius 3 is 2.04 bits per heavy atom. The molecule has 0 aromatic carbocycles. The van der Waals surface area contributed by atoms with Gasteiger partial charge in [-0.05, 0) is 50.5 Å². The topological polar surface area (TPSA) is 67.4 Å². The molecule has 0 saturated carbocycles. The summed E-state index contributed by atoms with van der Waals surface area (Å²) < 4.78 is 2.02. The summed E-state index contributed by atoms with van der Waals surface area (Å²) in [6.07, 6.45) is 5.36. The standard InChI is InChI=1S/C21H23N5/c1-14(2)21(5,13-22)18-8-9-19(23-12-18)17-10-24-20(25-11-17)26-15(3)6-7-16(26)4/h6-12,14H,1-5H3. The molecule has 0 aliphatic carbocycles. The fourth-order valence-corrected chi connectivity index (χ4v) is 2.95. The molecule has 0 aliphatic rings. The second-order valence-electron chi connectivity index (χ2n) is 7.12. The van der Waals surface area contributed by atoms with Gasteiger partial charge in [0.15, 0.2) is 0 Å². The minimum atomic E-state index is -0.546. The molecule has 5 heteroatoms. The fraction of sp³-hybridized carbons (Fsp3) is 0.333. The minimum absolute atomic E-state index is 0.204. The Balaban J connectivity index is 1.90. The van der Waals surface area contributed by atoms with E-state index in [1.807, 2.05) is 49.6 Å². The van der Waals surface area contributed by atoms with Crippen molar-refractivity contribution in [3.63, 3.8) is 0 Å². The summed E-state index contributed by atoms with van der Waals surface area (Å²) in [7, 11) is 0. The van der Waals surface area contributed by atoms with Crippen LogP contribution in [0.4, 0.5) is 0 Å². The number of aryl methyl sites for hydroxylation is 2. The number of nitriles is 1. The molecule has 0 spiro atoms. The first kappa shape index (κ1) is 17.8. The summed E-state index contributed by atoms with van der Waals surface area (Å²) in [6.45, 7) is 10.1. The highest BCUT2D eigenvalue weighted by atomic mass is 15.2. The number of aromatic nitrogens is 4. The van der Waals surface area contributed by atoms with Crippen LogP contribution in [0, 0.1) is 31.1 Å². The molecule has 0 N–H and O–H groups in total. The van der Waals surface area contributed by atoms with Gasteiger partial charge in [-0.1, -0.05) is 19.9 Å². The van der Waals surface area contributed by atoms with Crippen LogP contribution >= 0.6 is 0 Å². The Hall–Kier alpha value is -3.00. The van der Waals surface area contributed by atoms with Crippen molar-refractivity contribution < 1.29 is 0 Å². The van der Waals surface area contributed by atoms with E-state index < -0.39 is 5.41 Å². The molecular weight excluding hydrogens is 322 g/mol. The molecule has 26 heavy (non-hydrogen) atoms. The van der Waals surface area contributed by atoms with Gasteiger partial charge in [0.1, 0.15) is 0 Å². The van der Waals surface area contributed by atoms with E-state index >= 15 is 0 Å². The van der Waals surface area contributed by atoms with E-state index in [0.29, 0.717) is 5.95 Å². The van der Waals surface area contributed by atoms with Crippen molar-refractivity contribution >= 4 is 0 Å². The maximum atomic E-state index is 9.56. The fourth-order valence-electron chi connectivity index (χ4n) is 2.95.